The number of ether oxygens (including phenoxy) is 1. The fourth-order valence-electron chi connectivity index (χ4n) is 0.977. The maximum Gasteiger partial charge on any atom is 0.298 e. The van der Waals surface area contributed by atoms with Gasteiger partial charge in [-0.25, -0.2) is 0 Å². The van der Waals surface area contributed by atoms with Crippen molar-refractivity contribution in [2.45, 2.75) is 12.9 Å². The quantitative estimate of drug-likeness (QED) is 0.520. The molecule has 0 unspecified atom stereocenters. The van der Waals surface area contributed by atoms with Crippen LogP contribution in [-0.2, 0) is 16.1 Å². The lowest BCUT2D eigenvalue weighted by molar-refractivity contribution is -0.142. The molecule has 0 saturated heterocycles. The summed E-state index contributed by atoms with van der Waals surface area (Å²) in [6.45, 7) is 3.83. The highest BCUT2D eigenvalue weighted by atomic mass is 16.5. The molecule has 3 heteroatoms. The standard InChI is InChI=1S/C11H12BO2/c1-2-12-8-11(13)14-9-10-6-4-3-5-7-10/h2-7H,1,8-9H2. The van der Waals surface area contributed by atoms with Gasteiger partial charge in [0.1, 0.15) is 6.61 Å². The zero-order chi connectivity index (χ0) is 10.2. The van der Waals surface area contributed by atoms with E-state index in [1.807, 2.05) is 30.3 Å². The minimum atomic E-state index is -0.228. The van der Waals surface area contributed by atoms with Gasteiger partial charge in [-0.2, -0.15) is 0 Å². The maximum absolute atomic E-state index is 11.1. The van der Waals surface area contributed by atoms with E-state index in [9.17, 15) is 4.79 Å². The molecule has 0 aliphatic carbocycles. The molecule has 0 fully saturated rings. The maximum atomic E-state index is 11.1. The normalized spacial score (nSPS) is 9.14. The van der Waals surface area contributed by atoms with Crippen molar-refractivity contribution in [1.29, 1.82) is 0 Å². The molecule has 0 spiro atoms. The van der Waals surface area contributed by atoms with Crippen LogP contribution in [0, 0.1) is 0 Å². The minimum absolute atomic E-state index is 0.228. The van der Waals surface area contributed by atoms with E-state index in [0.717, 1.165) is 5.56 Å². The first-order chi connectivity index (χ1) is 6.83. The Balaban J connectivity index is 2.27. The smallest absolute Gasteiger partial charge is 0.298 e. The van der Waals surface area contributed by atoms with Crippen LogP contribution in [0.1, 0.15) is 5.56 Å². The van der Waals surface area contributed by atoms with Gasteiger partial charge in [-0.1, -0.05) is 30.3 Å². The second-order valence-corrected chi connectivity index (χ2v) is 2.82. The van der Waals surface area contributed by atoms with Crippen molar-refractivity contribution in [2.75, 3.05) is 0 Å². The van der Waals surface area contributed by atoms with Crippen molar-refractivity contribution in [3.8, 4) is 0 Å². The van der Waals surface area contributed by atoms with Gasteiger partial charge in [-0.15, -0.1) is 12.6 Å². The molecule has 0 atom stereocenters. The van der Waals surface area contributed by atoms with Gasteiger partial charge in [0.15, 0.2) is 7.28 Å². The molecular formula is C11H12BO2. The molecular weight excluding hydrogens is 175 g/mol. The molecule has 1 aromatic rings. The molecule has 0 amide bonds. The van der Waals surface area contributed by atoms with Crippen LogP contribution in [0.3, 0.4) is 0 Å². The zero-order valence-electron chi connectivity index (χ0n) is 7.98. The van der Waals surface area contributed by atoms with Gasteiger partial charge < -0.3 is 4.74 Å². The molecule has 2 nitrogen and oxygen atoms in total. The Morgan fingerprint density at radius 2 is 2.14 bits per heavy atom. The highest BCUT2D eigenvalue weighted by Crippen LogP contribution is 2.01. The van der Waals surface area contributed by atoms with E-state index in [1.54, 1.807) is 13.3 Å². The third-order valence-electron chi connectivity index (χ3n) is 1.69. The van der Waals surface area contributed by atoms with E-state index in [4.69, 9.17) is 4.74 Å². The van der Waals surface area contributed by atoms with Crippen LogP contribution >= 0.6 is 0 Å². The SMILES string of the molecule is C=C[B]CC(=O)OCc1ccccc1. The first kappa shape index (κ1) is 10.6. The van der Waals surface area contributed by atoms with Gasteiger partial charge >= 0.3 is 0 Å². The lowest BCUT2D eigenvalue weighted by Crippen LogP contribution is -2.06. The monoisotopic (exact) mass is 187 g/mol. The Labute approximate surface area is 84.8 Å². The lowest BCUT2D eigenvalue weighted by Gasteiger charge is -2.02. The van der Waals surface area contributed by atoms with Gasteiger partial charge in [-0.05, 0) is 5.56 Å². The summed E-state index contributed by atoms with van der Waals surface area (Å²) in [6.07, 6.45) is 0.288. The fourth-order valence-corrected chi connectivity index (χ4v) is 0.977. The first-order valence-electron chi connectivity index (χ1n) is 4.46. The summed E-state index contributed by atoms with van der Waals surface area (Å²) in [4.78, 5) is 11.1. The fraction of sp³-hybridized carbons (Fsp3) is 0.182. The van der Waals surface area contributed by atoms with Crippen molar-refractivity contribution < 1.29 is 9.53 Å². The Hall–Kier alpha value is -1.51. The summed E-state index contributed by atoms with van der Waals surface area (Å²) in [6, 6.07) is 9.60. The highest BCUT2D eigenvalue weighted by molar-refractivity contribution is 6.46. The third-order valence-corrected chi connectivity index (χ3v) is 1.69. The van der Waals surface area contributed by atoms with Crippen molar-refractivity contribution in [3.05, 3.63) is 48.4 Å². The molecule has 14 heavy (non-hydrogen) atoms. The molecule has 1 rings (SSSR count). The largest absolute Gasteiger partial charge is 0.461 e. The molecule has 0 aliphatic heterocycles. The number of esters is 1. The number of rotatable bonds is 5. The van der Waals surface area contributed by atoms with E-state index in [1.165, 1.54) is 0 Å². The average Bonchev–Trinajstić information content (AvgIpc) is 2.25. The van der Waals surface area contributed by atoms with E-state index in [-0.39, 0.29) is 12.3 Å². The minimum Gasteiger partial charge on any atom is -0.461 e. The van der Waals surface area contributed by atoms with Crippen LogP contribution < -0.4 is 0 Å². The van der Waals surface area contributed by atoms with Crippen molar-refractivity contribution in [1.82, 2.24) is 0 Å². The van der Waals surface area contributed by atoms with Crippen molar-refractivity contribution in [2.24, 2.45) is 0 Å². The van der Waals surface area contributed by atoms with Crippen molar-refractivity contribution in [3.63, 3.8) is 0 Å². The predicted molar refractivity (Wildman–Crippen MR) is 57.0 cm³/mol. The second kappa shape index (κ2) is 6.03. The van der Waals surface area contributed by atoms with Crippen LogP contribution in [0.5, 0.6) is 0 Å². The highest BCUT2D eigenvalue weighted by Gasteiger charge is 2.01. The van der Waals surface area contributed by atoms with Gasteiger partial charge in [0.05, 0.1) is 0 Å². The number of carbonyl (C=O) groups excluding carboxylic acids is 1. The number of benzene rings is 1. The van der Waals surface area contributed by atoms with Crippen molar-refractivity contribution >= 4 is 13.2 Å². The molecule has 1 radical (unpaired) electrons. The van der Waals surface area contributed by atoms with Crippen LogP contribution in [0.25, 0.3) is 0 Å². The van der Waals surface area contributed by atoms with Crippen LogP contribution in [0.15, 0.2) is 42.9 Å². The summed E-state index contributed by atoms with van der Waals surface area (Å²) in [5.74, 6) is 1.36. The Kier molecular flexibility index (Phi) is 4.55. The van der Waals surface area contributed by atoms with Gasteiger partial charge in [0.2, 0.25) is 0 Å². The predicted octanol–water partition coefficient (Wildman–Crippen LogP) is 2.00. The van der Waals surface area contributed by atoms with Gasteiger partial charge in [0.25, 0.3) is 5.97 Å². The van der Waals surface area contributed by atoms with E-state index in [2.05, 4.69) is 6.58 Å². The summed E-state index contributed by atoms with van der Waals surface area (Å²) in [7, 11) is 1.67. The lowest BCUT2D eigenvalue weighted by atomic mass is 9.75. The first-order valence-corrected chi connectivity index (χ1v) is 4.46. The number of carbonyl (C=O) groups is 1. The topological polar surface area (TPSA) is 26.3 Å². The summed E-state index contributed by atoms with van der Waals surface area (Å²) >= 11 is 0. The van der Waals surface area contributed by atoms with Crippen LogP contribution in [-0.4, -0.2) is 13.2 Å². The van der Waals surface area contributed by atoms with E-state index < -0.39 is 0 Å². The summed E-state index contributed by atoms with van der Waals surface area (Å²) in [5.41, 5.74) is 0.999. The molecule has 0 aromatic heterocycles. The summed E-state index contributed by atoms with van der Waals surface area (Å²) in [5, 5.41) is 0. The van der Waals surface area contributed by atoms with E-state index in [0.29, 0.717) is 6.61 Å². The number of hydrogen-bond donors (Lipinski definition) is 0. The molecule has 0 bridgehead atoms. The molecule has 71 valence electrons. The average molecular weight is 187 g/mol. The van der Waals surface area contributed by atoms with Crippen LogP contribution in [0.2, 0.25) is 6.32 Å². The molecule has 0 saturated carbocycles. The molecule has 1 aromatic carbocycles. The third kappa shape index (κ3) is 3.94. The zero-order valence-corrected chi connectivity index (χ0v) is 7.98. The van der Waals surface area contributed by atoms with E-state index >= 15 is 0 Å². The Bertz CT molecular complexity index is 295. The Morgan fingerprint density at radius 1 is 1.43 bits per heavy atom. The molecule has 0 heterocycles. The molecule has 0 N–H and O–H groups in total. The second-order valence-electron chi connectivity index (χ2n) is 2.82. The Morgan fingerprint density at radius 3 is 2.79 bits per heavy atom. The summed E-state index contributed by atoms with van der Waals surface area (Å²) < 4.78 is 5.01. The number of hydrogen-bond acceptors (Lipinski definition) is 2. The van der Waals surface area contributed by atoms with Gasteiger partial charge in [-0.3, -0.25) is 4.79 Å². The van der Waals surface area contributed by atoms with Crippen LogP contribution in [0.4, 0.5) is 0 Å². The molecule has 0 aliphatic rings. The van der Waals surface area contributed by atoms with Gasteiger partial charge in [0, 0.05) is 6.32 Å².